The fraction of sp³-hybridized carbons (Fsp3) is 0.286. The maximum Gasteiger partial charge on any atom is 0.142 e. The van der Waals surface area contributed by atoms with Crippen molar-refractivity contribution in [2.75, 3.05) is 7.11 Å². The highest BCUT2D eigenvalue weighted by Crippen LogP contribution is 2.30. The molecule has 0 fully saturated rings. The van der Waals surface area contributed by atoms with Crippen molar-refractivity contribution in [3.8, 4) is 11.4 Å². The van der Waals surface area contributed by atoms with Gasteiger partial charge in [0.15, 0.2) is 0 Å². The fourth-order valence-electron chi connectivity index (χ4n) is 2.24. The lowest BCUT2D eigenvalue weighted by Crippen LogP contribution is -2.03. The van der Waals surface area contributed by atoms with Crippen LogP contribution in [0, 0.1) is 13.8 Å². The molecule has 0 aliphatic rings. The molecule has 0 aliphatic carbocycles. The molecule has 0 spiro atoms. The Hall–Kier alpha value is -1.45. The number of benzene rings is 1. The summed E-state index contributed by atoms with van der Waals surface area (Å²) >= 11 is 6.08. The Morgan fingerprint density at radius 3 is 2.56 bits per heavy atom. The monoisotopic (exact) mass is 264 g/mol. The smallest absolute Gasteiger partial charge is 0.142 e. The molecule has 0 radical (unpaired) electrons. The van der Waals surface area contributed by atoms with E-state index in [4.69, 9.17) is 22.1 Å². The van der Waals surface area contributed by atoms with E-state index in [0.717, 1.165) is 28.4 Å². The van der Waals surface area contributed by atoms with Crippen LogP contribution in [0.5, 0.6) is 5.75 Å². The molecule has 2 rings (SSSR count). The Kier molecular flexibility index (Phi) is 3.64. The van der Waals surface area contributed by atoms with Crippen LogP contribution in [-0.2, 0) is 6.54 Å². The maximum absolute atomic E-state index is 6.08. The van der Waals surface area contributed by atoms with Crippen molar-refractivity contribution in [1.82, 2.24) is 4.57 Å². The first-order valence-corrected chi connectivity index (χ1v) is 6.18. The highest BCUT2D eigenvalue weighted by molar-refractivity contribution is 6.30. The van der Waals surface area contributed by atoms with Crippen molar-refractivity contribution in [2.24, 2.45) is 5.73 Å². The van der Waals surface area contributed by atoms with Gasteiger partial charge in [0.2, 0.25) is 0 Å². The van der Waals surface area contributed by atoms with E-state index in [2.05, 4.69) is 17.6 Å². The van der Waals surface area contributed by atoms with E-state index in [1.54, 1.807) is 7.11 Å². The summed E-state index contributed by atoms with van der Waals surface area (Å²) in [5.41, 5.74) is 10.1. The summed E-state index contributed by atoms with van der Waals surface area (Å²) in [5, 5.41) is 0.688. The molecule has 18 heavy (non-hydrogen) atoms. The third-order valence-corrected chi connectivity index (χ3v) is 3.37. The Morgan fingerprint density at radius 2 is 2.00 bits per heavy atom. The molecule has 0 amide bonds. The van der Waals surface area contributed by atoms with E-state index in [-0.39, 0.29) is 0 Å². The minimum atomic E-state index is 0.530. The Labute approximate surface area is 112 Å². The number of nitrogens with two attached hydrogens (primary N) is 1. The van der Waals surface area contributed by atoms with Gasteiger partial charge >= 0.3 is 0 Å². The van der Waals surface area contributed by atoms with Crippen LogP contribution in [0.15, 0.2) is 24.3 Å². The van der Waals surface area contributed by atoms with Crippen LogP contribution in [0.2, 0.25) is 5.02 Å². The second-order valence-corrected chi connectivity index (χ2v) is 4.69. The van der Waals surface area contributed by atoms with Crippen LogP contribution >= 0.6 is 11.6 Å². The molecule has 2 N–H and O–H groups in total. The minimum Gasteiger partial charge on any atom is -0.495 e. The third-order valence-electron chi connectivity index (χ3n) is 3.14. The average molecular weight is 265 g/mol. The van der Waals surface area contributed by atoms with Crippen LogP contribution in [0.3, 0.4) is 0 Å². The lowest BCUT2D eigenvalue weighted by atomic mass is 10.2. The Balaban J connectivity index is 2.68. The average Bonchev–Trinajstić information content (AvgIpc) is 2.64. The van der Waals surface area contributed by atoms with Gasteiger partial charge < -0.3 is 15.0 Å². The number of halogens is 1. The van der Waals surface area contributed by atoms with Crippen molar-refractivity contribution in [3.05, 3.63) is 46.2 Å². The number of methoxy groups -OCH3 is 1. The molecule has 0 atom stereocenters. The predicted octanol–water partition coefficient (Wildman–Crippen LogP) is 3.21. The zero-order chi connectivity index (χ0) is 13.3. The number of ether oxygens (including phenoxy) is 1. The van der Waals surface area contributed by atoms with Crippen LogP contribution in [0.4, 0.5) is 0 Å². The number of hydrogen-bond donors (Lipinski definition) is 1. The van der Waals surface area contributed by atoms with E-state index in [1.165, 1.54) is 0 Å². The molecular weight excluding hydrogens is 248 g/mol. The van der Waals surface area contributed by atoms with Gasteiger partial charge in [0.05, 0.1) is 12.8 Å². The lowest BCUT2D eigenvalue weighted by molar-refractivity contribution is 0.412. The van der Waals surface area contributed by atoms with E-state index >= 15 is 0 Å². The zero-order valence-corrected chi connectivity index (χ0v) is 11.6. The molecule has 3 nitrogen and oxygen atoms in total. The summed E-state index contributed by atoms with van der Waals surface area (Å²) < 4.78 is 7.51. The van der Waals surface area contributed by atoms with E-state index in [1.807, 2.05) is 25.1 Å². The van der Waals surface area contributed by atoms with Crippen LogP contribution in [0.1, 0.15) is 17.0 Å². The van der Waals surface area contributed by atoms with Gasteiger partial charge in [-0.1, -0.05) is 11.6 Å². The normalized spacial score (nSPS) is 10.7. The van der Waals surface area contributed by atoms with Gasteiger partial charge in [0.25, 0.3) is 0 Å². The molecule has 0 saturated heterocycles. The van der Waals surface area contributed by atoms with Crippen molar-refractivity contribution in [1.29, 1.82) is 0 Å². The van der Waals surface area contributed by atoms with Crippen molar-refractivity contribution < 1.29 is 4.74 Å². The maximum atomic E-state index is 6.08. The number of nitrogens with zero attached hydrogens (tertiary/aromatic N) is 1. The molecule has 1 aromatic carbocycles. The topological polar surface area (TPSA) is 40.2 Å². The van der Waals surface area contributed by atoms with Crippen LogP contribution in [0.25, 0.3) is 5.69 Å². The standard InChI is InChI=1S/C14H17ClN2O/c1-9-6-11(8-16)10(2)17(9)13-7-12(15)4-5-14(13)18-3/h4-7H,8,16H2,1-3H3. The first kappa shape index (κ1) is 13.0. The summed E-state index contributed by atoms with van der Waals surface area (Å²) in [6.45, 7) is 4.63. The van der Waals surface area contributed by atoms with Crippen molar-refractivity contribution in [3.63, 3.8) is 0 Å². The highest BCUT2D eigenvalue weighted by atomic mass is 35.5. The summed E-state index contributed by atoms with van der Waals surface area (Å²) in [5.74, 6) is 0.796. The van der Waals surface area contributed by atoms with Gasteiger partial charge in [-0.3, -0.25) is 0 Å². The number of hydrogen-bond acceptors (Lipinski definition) is 2. The van der Waals surface area contributed by atoms with Crippen molar-refractivity contribution >= 4 is 11.6 Å². The van der Waals surface area contributed by atoms with E-state index in [9.17, 15) is 0 Å². The third kappa shape index (κ3) is 2.11. The van der Waals surface area contributed by atoms with Gasteiger partial charge in [0, 0.05) is 23.0 Å². The number of aryl methyl sites for hydroxylation is 1. The quantitative estimate of drug-likeness (QED) is 0.925. The molecule has 1 aromatic heterocycles. The van der Waals surface area contributed by atoms with Gasteiger partial charge in [-0.25, -0.2) is 0 Å². The van der Waals surface area contributed by atoms with Gasteiger partial charge in [-0.2, -0.15) is 0 Å². The predicted molar refractivity (Wildman–Crippen MR) is 74.7 cm³/mol. The second kappa shape index (κ2) is 5.04. The van der Waals surface area contributed by atoms with Crippen LogP contribution < -0.4 is 10.5 Å². The highest BCUT2D eigenvalue weighted by Gasteiger charge is 2.13. The first-order chi connectivity index (χ1) is 8.58. The van der Waals surface area contributed by atoms with Gasteiger partial charge in [-0.05, 0) is 43.7 Å². The molecule has 1 heterocycles. The van der Waals surface area contributed by atoms with E-state index in [0.29, 0.717) is 11.6 Å². The zero-order valence-electron chi connectivity index (χ0n) is 10.8. The SMILES string of the molecule is COc1ccc(Cl)cc1-n1c(C)cc(CN)c1C. The van der Waals surface area contributed by atoms with E-state index < -0.39 is 0 Å². The molecule has 4 heteroatoms. The lowest BCUT2D eigenvalue weighted by Gasteiger charge is -2.14. The number of rotatable bonds is 3. The van der Waals surface area contributed by atoms with Crippen molar-refractivity contribution in [2.45, 2.75) is 20.4 Å². The summed E-state index contributed by atoms with van der Waals surface area (Å²) in [7, 11) is 1.66. The van der Waals surface area contributed by atoms with Crippen LogP contribution in [-0.4, -0.2) is 11.7 Å². The summed E-state index contributed by atoms with van der Waals surface area (Å²) in [6, 6.07) is 7.69. The number of aromatic nitrogens is 1. The Morgan fingerprint density at radius 1 is 1.28 bits per heavy atom. The molecular formula is C14H17ClN2O. The second-order valence-electron chi connectivity index (χ2n) is 4.25. The first-order valence-electron chi connectivity index (χ1n) is 5.80. The minimum absolute atomic E-state index is 0.530. The largest absolute Gasteiger partial charge is 0.495 e. The molecule has 0 unspecified atom stereocenters. The molecule has 2 aromatic rings. The van der Waals surface area contributed by atoms with Gasteiger partial charge in [-0.15, -0.1) is 0 Å². The summed E-state index contributed by atoms with van der Waals surface area (Å²) in [4.78, 5) is 0. The molecule has 0 bridgehead atoms. The summed E-state index contributed by atoms with van der Waals surface area (Å²) in [6.07, 6.45) is 0. The molecule has 0 aliphatic heterocycles. The molecule has 0 saturated carbocycles. The Bertz CT molecular complexity index is 575. The van der Waals surface area contributed by atoms with Gasteiger partial charge in [0.1, 0.15) is 5.75 Å². The molecule has 96 valence electrons. The fourth-order valence-corrected chi connectivity index (χ4v) is 2.41.